The number of thiocarbonyl (C=S) groups is 1. The van der Waals surface area contributed by atoms with Crippen molar-refractivity contribution in [2.75, 3.05) is 17.3 Å². The third-order valence-corrected chi connectivity index (χ3v) is 3.85. The summed E-state index contributed by atoms with van der Waals surface area (Å²) >= 11 is 11.0. The minimum Gasteiger partial charge on any atom is -0.389 e. The highest BCUT2D eigenvalue weighted by Gasteiger charge is 2.07. The molecule has 0 fully saturated rings. The first kappa shape index (κ1) is 15.4. The third-order valence-electron chi connectivity index (χ3n) is 2.49. The van der Waals surface area contributed by atoms with Gasteiger partial charge in [0.1, 0.15) is 4.99 Å². The molecular formula is C12H17ClN2OS2. The van der Waals surface area contributed by atoms with Gasteiger partial charge in [-0.05, 0) is 31.5 Å². The molecule has 0 heterocycles. The lowest BCUT2D eigenvalue weighted by Crippen LogP contribution is -2.18. The number of hydrogen-bond donors (Lipinski definition) is 2. The van der Waals surface area contributed by atoms with Crippen molar-refractivity contribution in [1.29, 1.82) is 0 Å². The van der Waals surface area contributed by atoms with Crippen LogP contribution in [0, 0.1) is 0 Å². The van der Waals surface area contributed by atoms with E-state index in [1.807, 2.05) is 19.1 Å². The van der Waals surface area contributed by atoms with Crippen LogP contribution in [0.3, 0.4) is 0 Å². The molecule has 3 nitrogen and oxygen atoms in total. The highest BCUT2D eigenvalue weighted by Crippen LogP contribution is 2.24. The van der Waals surface area contributed by atoms with Crippen LogP contribution in [0.15, 0.2) is 18.2 Å². The van der Waals surface area contributed by atoms with Gasteiger partial charge in [0, 0.05) is 34.4 Å². The Kier molecular flexibility index (Phi) is 6.05. The molecule has 1 aromatic carbocycles. The van der Waals surface area contributed by atoms with Gasteiger partial charge in [-0.25, -0.2) is 0 Å². The molecule has 6 heteroatoms. The molecule has 0 saturated heterocycles. The number of anilines is 1. The van der Waals surface area contributed by atoms with Crippen molar-refractivity contribution in [3.8, 4) is 0 Å². The van der Waals surface area contributed by atoms with Crippen LogP contribution in [-0.4, -0.2) is 27.2 Å². The van der Waals surface area contributed by atoms with Crippen LogP contribution in [0.5, 0.6) is 0 Å². The van der Waals surface area contributed by atoms with Gasteiger partial charge in [-0.2, -0.15) is 0 Å². The second kappa shape index (κ2) is 7.07. The van der Waals surface area contributed by atoms with Crippen molar-refractivity contribution in [3.63, 3.8) is 0 Å². The van der Waals surface area contributed by atoms with Crippen molar-refractivity contribution in [1.82, 2.24) is 0 Å². The van der Waals surface area contributed by atoms with Gasteiger partial charge in [-0.15, -0.1) is 0 Å². The van der Waals surface area contributed by atoms with Crippen molar-refractivity contribution in [2.24, 2.45) is 5.73 Å². The lowest BCUT2D eigenvalue weighted by Gasteiger charge is -2.16. The van der Waals surface area contributed by atoms with Crippen molar-refractivity contribution in [2.45, 2.75) is 19.4 Å². The Labute approximate surface area is 121 Å². The molecule has 2 unspecified atom stereocenters. The fourth-order valence-corrected chi connectivity index (χ4v) is 2.51. The minimum atomic E-state index is -0.766. The van der Waals surface area contributed by atoms with Crippen LogP contribution in [0.2, 0.25) is 5.02 Å². The summed E-state index contributed by atoms with van der Waals surface area (Å²) in [5, 5.41) is 3.87. The lowest BCUT2D eigenvalue weighted by atomic mass is 10.2. The number of halogens is 1. The molecule has 0 bridgehead atoms. The van der Waals surface area contributed by atoms with Gasteiger partial charge in [0.2, 0.25) is 0 Å². The Morgan fingerprint density at radius 1 is 1.61 bits per heavy atom. The highest BCUT2D eigenvalue weighted by molar-refractivity contribution is 7.84. The molecule has 0 aromatic heterocycles. The number of rotatable bonds is 6. The summed E-state index contributed by atoms with van der Waals surface area (Å²) in [5.41, 5.74) is 7.13. The van der Waals surface area contributed by atoms with E-state index in [2.05, 4.69) is 5.32 Å². The molecule has 0 saturated carbocycles. The quantitative estimate of drug-likeness (QED) is 0.793. The number of benzene rings is 1. The summed E-state index contributed by atoms with van der Waals surface area (Å²) in [7, 11) is -0.766. The molecule has 1 aromatic rings. The van der Waals surface area contributed by atoms with Crippen molar-refractivity contribution < 1.29 is 4.21 Å². The van der Waals surface area contributed by atoms with E-state index in [1.165, 1.54) is 0 Å². The van der Waals surface area contributed by atoms with Gasteiger partial charge in [0.05, 0.1) is 10.7 Å². The number of nitrogens with one attached hydrogen (secondary N) is 1. The van der Waals surface area contributed by atoms with E-state index in [4.69, 9.17) is 29.6 Å². The van der Waals surface area contributed by atoms with Gasteiger partial charge < -0.3 is 11.1 Å². The second-order valence-electron chi connectivity index (χ2n) is 4.17. The summed E-state index contributed by atoms with van der Waals surface area (Å²) in [4.78, 5) is 0.331. The first-order chi connectivity index (χ1) is 8.40. The molecule has 3 N–H and O–H groups in total. The van der Waals surface area contributed by atoms with Crippen LogP contribution >= 0.6 is 23.8 Å². The van der Waals surface area contributed by atoms with Crippen molar-refractivity contribution >= 4 is 45.3 Å². The third kappa shape index (κ3) is 4.92. The maximum atomic E-state index is 11.0. The van der Waals surface area contributed by atoms with E-state index in [0.29, 0.717) is 15.8 Å². The fourth-order valence-electron chi connectivity index (χ4n) is 1.47. The number of hydrogen-bond acceptors (Lipinski definition) is 3. The van der Waals surface area contributed by atoms with Crippen LogP contribution < -0.4 is 11.1 Å². The Hall–Kier alpha value is -0.650. The smallest absolute Gasteiger partial charge is 0.104 e. The predicted molar refractivity (Wildman–Crippen MR) is 84.0 cm³/mol. The normalized spacial score (nSPS) is 13.9. The van der Waals surface area contributed by atoms with Crippen molar-refractivity contribution in [3.05, 3.63) is 28.8 Å². The topological polar surface area (TPSA) is 55.1 Å². The molecule has 0 spiro atoms. The number of nitrogens with two attached hydrogens (primary N) is 1. The van der Waals surface area contributed by atoms with Gasteiger partial charge in [0.25, 0.3) is 0 Å². The van der Waals surface area contributed by atoms with Crippen LogP contribution in [0.1, 0.15) is 18.9 Å². The first-order valence-corrected chi connectivity index (χ1v) is 8.07. The molecule has 0 aliphatic rings. The predicted octanol–water partition coefficient (Wildman–Crippen LogP) is 2.54. The molecule has 18 heavy (non-hydrogen) atoms. The zero-order chi connectivity index (χ0) is 13.7. The fraction of sp³-hybridized carbons (Fsp3) is 0.417. The van der Waals surface area contributed by atoms with E-state index in [0.717, 1.165) is 17.7 Å². The van der Waals surface area contributed by atoms with Gasteiger partial charge in [-0.1, -0.05) is 23.8 Å². The van der Waals surface area contributed by atoms with E-state index in [9.17, 15) is 4.21 Å². The SMILES string of the molecule is CC(CCS(C)=O)Nc1ccc(C(N)=S)cc1Cl. The molecule has 0 amide bonds. The van der Waals surface area contributed by atoms with E-state index < -0.39 is 10.8 Å². The van der Waals surface area contributed by atoms with Gasteiger partial charge in [0.15, 0.2) is 0 Å². The summed E-state index contributed by atoms with van der Waals surface area (Å²) in [5.74, 6) is 0.677. The Morgan fingerprint density at radius 2 is 2.28 bits per heavy atom. The summed E-state index contributed by atoms with van der Waals surface area (Å²) in [6, 6.07) is 5.65. The summed E-state index contributed by atoms with van der Waals surface area (Å²) in [6.07, 6.45) is 2.53. The molecule has 1 rings (SSSR count). The highest BCUT2D eigenvalue weighted by atomic mass is 35.5. The molecule has 0 aliphatic carbocycles. The average Bonchev–Trinajstić information content (AvgIpc) is 2.29. The summed E-state index contributed by atoms with van der Waals surface area (Å²) < 4.78 is 11.0. The zero-order valence-electron chi connectivity index (χ0n) is 10.4. The van der Waals surface area contributed by atoms with E-state index >= 15 is 0 Å². The minimum absolute atomic E-state index is 0.210. The standard InChI is InChI=1S/C12H17ClN2OS2/c1-8(5-6-18(2)16)15-11-4-3-9(12(14)17)7-10(11)13/h3-4,7-8,15H,5-6H2,1-2H3,(H2,14,17). The van der Waals surface area contributed by atoms with E-state index in [-0.39, 0.29) is 6.04 Å². The van der Waals surface area contributed by atoms with Gasteiger partial charge in [-0.3, -0.25) is 4.21 Å². The lowest BCUT2D eigenvalue weighted by molar-refractivity contribution is 0.678. The van der Waals surface area contributed by atoms with Crippen LogP contribution in [-0.2, 0) is 10.8 Å². The second-order valence-corrected chi connectivity index (χ2v) is 6.57. The Bertz CT molecular complexity index is 465. The van der Waals surface area contributed by atoms with Crippen LogP contribution in [0.25, 0.3) is 0 Å². The molecule has 0 aliphatic heterocycles. The molecular weight excluding hydrogens is 288 g/mol. The maximum Gasteiger partial charge on any atom is 0.104 e. The Balaban J connectivity index is 2.67. The van der Waals surface area contributed by atoms with Gasteiger partial charge >= 0.3 is 0 Å². The molecule has 100 valence electrons. The van der Waals surface area contributed by atoms with E-state index in [1.54, 1.807) is 12.3 Å². The monoisotopic (exact) mass is 304 g/mol. The van der Waals surface area contributed by atoms with Crippen LogP contribution in [0.4, 0.5) is 5.69 Å². The largest absolute Gasteiger partial charge is 0.389 e. The molecule has 2 atom stereocenters. The Morgan fingerprint density at radius 3 is 2.78 bits per heavy atom. The average molecular weight is 305 g/mol. The maximum absolute atomic E-state index is 11.0. The zero-order valence-corrected chi connectivity index (χ0v) is 12.8. The first-order valence-electron chi connectivity index (χ1n) is 5.56. The summed E-state index contributed by atoms with van der Waals surface area (Å²) in [6.45, 7) is 2.03. The molecule has 0 radical (unpaired) electrons.